The van der Waals surface area contributed by atoms with Crippen LogP contribution in [-0.2, 0) is 0 Å². The Labute approximate surface area is 172 Å². The average molecular weight is 426 g/mol. The zero-order valence-electron chi connectivity index (χ0n) is 14.6. The van der Waals surface area contributed by atoms with Crippen LogP contribution in [0.1, 0.15) is 5.56 Å². The van der Waals surface area contributed by atoms with Gasteiger partial charge in [0, 0.05) is 16.8 Å². The van der Waals surface area contributed by atoms with Gasteiger partial charge in [0.25, 0.3) is 5.56 Å². The molecule has 2 aromatic carbocycles. The van der Waals surface area contributed by atoms with E-state index in [0.717, 1.165) is 16.3 Å². The number of benzene rings is 2. The molecule has 2 N–H and O–H groups in total. The van der Waals surface area contributed by atoms with Crippen LogP contribution in [-0.4, -0.2) is 31.1 Å². The van der Waals surface area contributed by atoms with E-state index in [4.69, 9.17) is 11.6 Å². The van der Waals surface area contributed by atoms with E-state index in [1.54, 1.807) is 18.2 Å². The Morgan fingerprint density at radius 2 is 1.90 bits per heavy atom. The van der Waals surface area contributed by atoms with Gasteiger partial charge in [-0.25, -0.2) is 14.4 Å². The van der Waals surface area contributed by atoms with Crippen LogP contribution in [0.25, 0.3) is 16.3 Å². The number of aliphatic imine (C=N–C) groups is 1. The summed E-state index contributed by atoms with van der Waals surface area (Å²) in [5.74, 6) is -0.558. The SMILES string of the molecule is O=c1[nH]c(=O)n(-c2cccc(Cl)c2)c(O)c1/C=N/c1nnc(-c2ccccc2)s1. The lowest BCUT2D eigenvalue weighted by molar-refractivity contribution is 0.430. The molecule has 0 radical (unpaired) electrons. The van der Waals surface area contributed by atoms with E-state index in [1.165, 1.54) is 17.4 Å². The van der Waals surface area contributed by atoms with Crippen molar-refractivity contribution in [2.45, 2.75) is 0 Å². The number of hydrogen-bond acceptors (Lipinski definition) is 7. The molecule has 0 aliphatic rings. The lowest BCUT2D eigenvalue weighted by Gasteiger charge is -2.09. The summed E-state index contributed by atoms with van der Waals surface area (Å²) in [6, 6.07) is 15.8. The molecule has 0 spiro atoms. The first-order valence-corrected chi connectivity index (χ1v) is 9.49. The molecule has 2 heterocycles. The lowest BCUT2D eigenvalue weighted by atomic mass is 10.2. The average Bonchev–Trinajstić information content (AvgIpc) is 3.17. The van der Waals surface area contributed by atoms with Gasteiger partial charge in [-0.15, -0.1) is 10.2 Å². The van der Waals surface area contributed by atoms with Crippen LogP contribution >= 0.6 is 22.9 Å². The molecule has 0 atom stereocenters. The van der Waals surface area contributed by atoms with Crippen molar-refractivity contribution in [2.24, 2.45) is 4.99 Å². The summed E-state index contributed by atoms with van der Waals surface area (Å²) in [5, 5.41) is 19.9. The van der Waals surface area contributed by atoms with Gasteiger partial charge in [-0.05, 0) is 18.2 Å². The van der Waals surface area contributed by atoms with Crippen LogP contribution in [0.3, 0.4) is 0 Å². The Morgan fingerprint density at radius 1 is 1.10 bits per heavy atom. The van der Waals surface area contributed by atoms with Gasteiger partial charge in [0.2, 0.25) is 11.0 Å². The lowest BCUT2D eigenvalue weighted by Crippen LogP contribution is -2.31. The Hall–Kier alpha value is -3.56. The zero-order valence-corrected chi connectivity index (χ0v) is 16.2. The quantitative estimate of drug-likeness (QED) is 0.487. The topological polar surface area (TPSA) is 113 Å². The molecule has 0 amide bonds. The molecule has 0 aliphatic carbocycles. The van der Waals surface area contributed by atoms with Gasteiger partial charge in [0.15, 0.2) is 0 Å². The first-order valence-electron chi connectivity index (χ1n) is 8.30. The fourth-order valence-electron chi connectivity index (χ4n) is 2.59. The van der Waals surface area contributed by atoms with Gasteiger partial charge in [-0.1, -0.05) is 59.3 Å². The van der Waals surface area contributed by atoms with Gasteiger partial charge >= 0.3 is 5.69 Å². The number of nitrogens with one attached hydrogen (secondary N) is 1. The van der Waals surface area contributed by atoms with Gasteiger partial charge in [0.05, 0.1) is 5.69 Å². The minimum Gasteiger partial charge on any atom is -0.493 e. The highest BCUT2D eigenvalue weighted by atomic mass is 35.5. The maximum atomic E-state index is 12.2. The largest absolute Gasteiger partial charge is 0.493 e. The minimum atomic E-state index is -0.797. The summed E-state index contributed by atoms with van der Waals surface area (Å²) in [7, 11) is 0. The van der Waals surface area contributed by atoms with E-state index < -0.39 is 17.1 Å². The van der Waals surface area contributed by atoms with Crippen molar-refractivity contribution in [1.82, 2.24) is 19.7 Å². The number of rotatable bonds is 4. The molecule has 0 saturated heterocycles. The number of halogens is 1. The summed E-state index contributed by atoms with van der Waals surface area (Å²) < 4.78 is 0.935. The summed E-state index contributed by atoms with van der Waals surface area (Å²) in [6.45, 7) is 0. The van der Waals surface area contributed by atoms with Crippen molar-refractivity contribution in [1.29, 1.82) is 0 Å². The normalized spacial score (nSPS) is 11.2. The van der Waals surface area contributed by atoms with Crippen molar-refractivity contribution in [3.05, 3.63) is 86.0 Å². The van der Waals surface area contributed by atoms with E-state index >= 15 is 0 Å². The van der Waals surface area contributed by atoms with Crippen molar-refractivity contribution in [2.75, 3.05) is 0 Å². The molecule has 29 heavy (non-hydrogen) atoms. The molecular weight excluding hydrogens is 414 g/mol. The van der Waals surface area contributed by atoms with Crippen LogP contribution < -0.4 is 11.2 Å². The maximum Gasteiger partial charge on any atom is 0.335 e. The highest BCUT2D eigenvalue weighted by Gasteiger charge is 2.15. The fraction of sp³-hybridized carbons (Fsp3) is 0. The number of H-pyrrole nitrogens is 1. The third kappa shape index (κ3) is 3.86. The number of nitrogens with zero attached hydrogens (tertiary/aromatic N) is 4. The Kier molecular flexibility index (Phi) is 5.07. The number of aromatic nitrogens is 4. The Morgan fingerprint density at radius 3 is 2.66 bits per heavy atom. The Balaban J connectivity index is 1.73. The highest BCUT2D eigenvalue weighted by molar-refractivity contribution is 7.18. The van der Waals surface area contributed by atoms with Crippen molar-refractivity contribution >= 4 is 34.3 Å². The van der Waals surface area contributed by atoms with Crippen molar-refractivity contribution in [3.63, 3.8) is 0 Å². The molecule has 4 aromatic rings. The molecule has 10 heteroatoms. The van der Waals surface area contributed by atoms with Crippen LogP contribution in [0.4, 0.5) is 5.13 Å². The van der Waals surface area contributed by atoms with Gasteiger partial charge in [0.1, 0.15) is 10.6 Å². The first-order chi connectivity index (χ1) is 14.0. The summed E-state index contributed by atoms with van der Waals surface area (Å²) in [4.78, 5) is 30.7. The summed E-state index contributed by atoms with van der Waals surface area (Å²) in [5.41, 5.74) is -0.576. The highest BCUT2D eigenvalue weighted by Crippen LogP contribution is 2.27. The maximum absolute atomic E-state index is 12.2. The number of aromatic hydroxyl groups is 1. The van der Waals surface area contributed by atoms with E-state index in [2.05, 4.69) is 20.2 Å². The van der Waals surface area contributed by atoms with Gasteiger partial charge in [-0.2, -0.15) is 0 Å². The minimum absolute atomic E-state index is 0.193. The molecule has 0 saturated carbocycles. The van der Waals surface area contributed by atoms with Crippen molar-refractivity contribution < 1.29 is 5.11 Å². The molecule has 0 bridgehead atoms. The number of aromatic amines is 1. The Bertz CT molecular complexity index is 1330. The molecular formula is C19H12ClN5O3S. The fourth-order valence-corrected chi connectivity index (χ4v) is 3.47. The summed E-state index contributed by atoms with van der Waals surface area (Å²) in [6.07, 6.45) is 1.14. The molecule has 0 aliphatic heterocycles. The summed E-state index contributed by atoms with van der Waals surface area (Å²) >= 11 is 7.18. The molecule has 144 valence electrons. The molecule has 0 unspecified atom stereocenters. The smallest absolute Gasteiger partial charge is 0.335 e. The van der Waals surface area contributed by atoms with Crippen LogP contribution in [0, 0.1) is 0 Å². The van der Waals surface area contributed by atoms with Crippen molar-refractivity contribution in [3.8, 4) is 22.1 Å². The second kappa shape index (κ2) is 7.82. The predicted octanol–water partition coefficient (Wildman–Crippen LogP) is 3.15. The molecule has 0 fully saturated rings. The molecule has 8 nitrogen and oxygen atoms in total. The second-order valence-electron chi connectivity index (χ2n) is 5.83. The van der Waals surface area contributed by atoms with E-state index in [9.17, 15) is 14.7 Å². The molecule has 2 aromatic heterocycles. The van der Waals surface area contributed by atoms with Crippen LogP contribution in [0.15, 0.2) is 69.2 Å². The standard InChI is InChI=1S/C19H12ClN5O3S/c20-12-7-4-8-13(9-12)25-17(27)14(15(26)22-19(25)28)10-21-18-24-23-16(29-18)11-5-2-1-3-6-11/h1-10,27H,(H,22,26,28)/b21-10+. The zero-order chi connectivity index (χ0) is 20.4. The van der Waals surface area contributed by atoms with E-state index in [-0.39, 0.29) is 5.56 Å². The first kappa shape index (κ1) is 18.8. The van der Waals surface area contributed by atoms with Crippen LogP contribution in [0.5, 0.6) is 5.88 Å². The van der Waals surface area contributed by atoms with Gasteiger partial charge < -0.3 is 5.11 Å². The van der Waals surface area contributed by atoms with Gasteiger partial charge in [-0.3, -0.25) is 9.78 Å². The van der Waals surface area contributed by atoms with E-state index in [0.29, 0.717) is 20.8 Å². The predicted molar refractivity (Wildman–Crippen MR) is 112 cm³/mol. The second-order valence-corrected chi connectivity index (χ2v) is 7.22. The number of hydrogen-bond donors (Lipinski definition) is 2. The van der Waals surface area contributed by atoms with E-state index in [1.807, 2.05) is 30.3 Å². The monoisotopic (exact) mass is 425 g/mol. The molecule has 4 rings (SSSR count). The van der Waals surface area contributed by atoms with Crippen LogP contribution in [0.2, 0.25) is 5.02 Å². The third-order valence-corrected chi connectivity index (χ3v) is 5.04. The third-order valence-electron chi connectivity index (χ3n) is 3.93.